The molecule has 1 nitrogen and oxygen atoms in total. The second-order valence-corrected chi connectivity index (χ2v) is 6.66. The Morgan fingerprint density at radius 3 is 2.44 bits per heavy atom. The van der Waals surface area contributed by atoms with Gasteiger partial charge in [0.1, 0.15) is 4.34 Å². The minimum absolute atomic E-state index is 0.149. The van der Waals surface area contributed by atoms with Crippen LogP contribution in [0.2, 0.25) is 4.34 Å². The van der Waals surface area contributed by atoms with Gasteiger partial charge in [-0.1, -0.05) is 45.7 Å². The molecular weight excluding hydrogens is 373 g/mol. The highest BCUT2D eigenvalue weighted by atomic mass is 79.9. The number of halogens is 3. The summed E-state index contributed by atoms with van der Waals surface area (Å²) in [4.78, 5) is 1.05. The van der Waals surface area contributed by atoms with Gasteiger partial charge in [0.2, 0.25) is 0 Å². The molecule has 1 unspecified atom stereocenters. The maximum Gasteiger partial charge on any atom is 0.107 e. The summed E-state index contributed by atoms with van der Waals surface area (Å²) in [5, 5.41) is 0. The van der Waals surface area contributed by atoms with E-state index in [1.54, 1.807) is 0 Å². The Morgan fingerprint density at radius 2 is 1.88 bits per heavy atom. The van der Waals surface area contributed by atoms with Crippen molar-refractivity contribution in [2.75, 3.05) is 0 Å². The van der Waals surface area contributed by atoms with E-state index in [9.17, 15) is 0 Å². The predicted octanol–water partition coefficient (Wildman–Crippen LogP) is 4.97. The third-order valence-corrected chi connectivity index (χ3v) is 5.49. The van der Waals surface area contributed by atoms with E-state index in [-0.39, 0.29) is 6.04 Å². The molecule has 0 spiro atoms. The zero-order valence-electron chi connectivity index (χ0n) is 8.08. The monoisotopic (exact) mass is 379 g/mol. The second kappa shape index (κ2) is 5.19. The first-order valence-corrected chi connectivity index (χ1v) is 7.32. The van der Waals surface area contributed by atoms with E-state index in [0.717, 1.165) is 23.7 Å². The molecule has 5 heteroatoms. The largest absolute Gasteiger partial charge is 0.320 e. The average molecular weight is 382 g/mol. The summed E-state index contributed by atoms with van der Waals surface area (Å²) in [5.41, 5.74) is 7.26. The van der Waals surface area contributed by atoms with E-state index < -0.39 is 0 Å². The Hall–Kier alpha value is 0.130. The van der Waals surface area contributed by atoms with Crippen molar-refractivity contribution in [1.29, 1.82) is 0 Å². The molecule has 1 heterocycles. The van der Waals surface area contributed by atoms with Crippen molar-refractivity contribution in [2.45, 2.75) is 6.04 Å². The summed E-state index contributed by atoms with van der Waals surface area (Å²) in [6, 6.07) is 9.76. The van der Waals surface area contributed by atoms with Crippen LogP contribution in [0.1, 0.15) is 16.5 Å². The van der Waals surface area contributed by atoms with Gasteiger partial charge >= 0.3 is 0 Å². The molecule has 1 atom stereocenters. The van der Waals surface area contributed by atoms with Crippen LogP contribution in [0.4, 0.5) is 0 Å². The van der Waals surface area contributed by atoms with Crippen LogP contribution in [0, 0.1) is 0 Å². The van der Waals surface area contributed by atoms with E-state index in [4.69, 9.17) is 17.3 Å². The fourth-order valence-electron chi connectivity index (χ4n) is 1.40. The first-order chi connectivity index (χ1) is 7.59. The molecule has 0 aliphatic rings. The highest BCUT2D eigenvalue weighted by Crippen LogP contribution is 2.37. The van der Waals surface area contributed by atoms with Gasteiger partial charge in [0.15, 0.2) is 0 Å². The Balaban J connectivity index is 2.39. The molecule has 0 bridgehead atoms. The zero-order valence-corrected chi connectivity index (χ0v) is 12.8. The van der Waals surface area contributed by atoms with Crippen LogP contribution in [-0.4, -0.2) is 0 Å². The third kappa shape index (κ3) is 2.51. The molecule has 0 amide bonds. The number of rotatable bonds is 2. The Bertz CT molecular complexity index is 493. The molecular formula is C11H8Br2ClNS. The van der Waals surface area contributed by atoms with Crippen LogP contribution in [-0.2, 0) is 0 Å². The minimum Gasteiger partial charge on any atom is -0.320 e. The van der Waals surface area contributed by atoms with Crippen LogP contribution in [0.5, 0.6) is 0 Å². The predicted molar refractivity (Wildman–Crippen MR) is 77.2 cm³/mol. The highest BCUT2D eigenvalue weighted by molar-refractivity contribution is 9.10. The standard InChI is InChI=1S/C11H8Br2ClNS/c12-7-4-2-1-3-6(7)10(15)9-5-8(13)11(14)16-9/h1-5,10H,15H2. The molecule has 1 aromatic heterocycles. The van der Waals surface area contributed by atoms with Gasteiger partial charge in [-0.15, -0.1) is 11.3 Å². The van der Waals surface area contributed by atoms with Crippen molar-refractivity contribution in [3.8, 4) is 0 Å². The maximum absolute atomic E-state index is 6.20. The lowest BCUT2D eigenvalue weighted by Crippen LogP contribution is -2.10. The molecule has 2 rings (SSSR count). The summed E-state index contributed by atoms with van der Waals surface area (Å²) in [5.74, 6) is 0. The average Bonchev–Trinajstić information content (AvgIpc) is 2.59. The van der Waals surface area contributed by atoms with Gasteiger partial charge in [-0.3, -0.25) is 0 Å². The maximum atomic E-state index is 6.20. The lowest BCUT2D eigenvalue weighted by Gasteiger charge is -2.11. The van der Waals surface area contributed by atoms with Crippen LogP contribution in [0.25, 0.3) is 0 Å². The zero-order chi connectivity index (χ0) is 11.7. The summed E-state index contributed by atoms with van der Waals surface area (Å²) >= 11 is 14.4. The SMILES string of the molecule is NC(c1cc(Br)c(Cl)s1)c1ccccc1Br. The van der Waals surface area contributed by atoms with Crippen molar-refractivity contribution in [3.63, 3.8) is 0 Å². The van der Waals surface area contributed by atoms with Gasteiger partial charge in [0.25, 0.3) is 0 Å². The Morgan fingerprint density at radius 1 is 1.19 bits per heavy atom. The van der Waals surface area contributed by atoms with Gasteiger partial charge in [-0.05, 0) is 33.6 Å². The molecule has 84 valence electrons. The summed E-state index contributed by atoms with van der Waals surface area (Å²) in [7, 11) is 0. The number of nitrogens with two attached hydrogens (primary N) is 1. The Labute approximate surface area is 120 Å². The number of benzene rings is 1. The van der Waals surface area contributed by atoms with Crippen LogP contribution >= 0.6 is 54.8 Å². The molecule has 0 aliphatic heterocycles. The third-order valence-electron chi connectivity index (χ3n) is 2.21. The number of hydrogen-bond donors (Lipinski definition) is 1. The lowest BCUT2D eigenvalue weighted by molar-refractivity contribution is 0.887. The summed E-state index contributed by atoms with van der Waals surface area (Å²) in [6.45, 7) is 0. The van der Waals surface area contributed by atoms with E-state index in [0.29, 0.717) is 0 Å². The Kier molecular flexibility index (Phi) is 4.08. The van der Waals surface area contributed by atoms with Gasteiger partial charge in [-0.2, -0.15) is 0 Å². The number of thiophene rings is 1. The molecule has 1 aromatic carbocycles. The van der Waals surface area contributed by atoms with Gasteiger partial charge in [0, 0.05) is 13.8 Å². The van der Waals surface area contributed by atoms with Crippen LogP contribution in [0.3, 0.4) is 0 Å². The van der Waals surface area contributed by atoms with E-state index >= 15 is 0 Å². The molecule has 0 saturated carbocycles. The van der Waals surface area contributed by atoms with Gasteiger partial charge in [-0.25, -0.2) is 0 Å². The normalized spacial score (nSPS) is 12.8. The van der Waals surface area contributed by atoms with Crippen LogP contribution in [0.15, 0.2) is 39.3 Å². The van der Waals surface area contributed by atoms with Crippen molar-refractivity contribution < 1.29 is 0 Å². The molecule has 0 radical (unpaired) electrons. The molecule has 0 saturated heterocycles. The van der Waals surface area contributed by atoms with Gasteiger partial charge in [0.05, 0.1) is 6.04 Å². The first kappa shape index (κ1) is 12.6. The fraction of sp³-hybridized carbons (Fsp3) is 0.0909. The minimum atomic E-state index is -0.149. The second-order valence-electron chi connectivity index (χ2n) is 3.27. The van der Waals surface area contributed by atoms with E-state index in [1.165, 1.54) is 11.3 Å². The molecule has 0 fully saturated rings. The van der Waals surface area contributed by atoms with Crippen LogP contribution < -0.4 is 5.73 Å². The molecule has 2 aromatic rings. The summed E-state index contributed by atoms with van der Waals surface area (Å²) < 4.78 is 2.65. The van der Waals surface area contributed by atoms with Crippen molar-refractivity contribution in [3.05, 3.63) is 54.1 Å². The molecule has 2 N–H and O–H groups in total. The smallest absolute Gasteiger partial charge is 0.107 e. The lowest BCUT2D eigenvalue weighted by atomic mass is 10.1. The number of hydrogen-bond acceptors (Lipinski definition) is 2. The van der Waals surface area contributed by atoms with E-state index in [1.807, 2.05) is 30.3 Å². The molecule has 16 heavy (non-hydrogen) atoms. The first-order valence-electron chi connectivity index (χ1n) is 4.54. The molecule has 0 aliphatic carbocycles. The van der Waals surface area contributed by atoms with Crippen molar-refractivity contribution >= 4 is 54.8 Å². The van der Waals surface area contributed by atoms with Gasteiger partial charge < -0.3 is 5.73 Å². The summed E-state index contributed by atoms with van der Waals surface area (Å²) in [6.07, 6.45) is 0. The quantitative estimate of drug-likeness (QED) is 0.780. The highest BCUT2D eigenvalue weighted by Gasteiger charge is 2.15. The van der Waals surface area contributed by atoms with Crippen molar-refractivity contribution in [1.82, 2.24) is 0 Å². The topological polar surface area (TPSA) is 26.0 Å². The fourth-order valence-corrected chi connectivity index (χ4v) is 3.69. The van der Waals surface area contributed by atoms with Crippen molar-refractivity contribution in [2.24, 2.45) is 5.73 Å². The van der Waals surface area contributed by atoms with E-state index in [2.05, 4.69) is 31.9 Å².